The maximum absolute atomic E-state index is 12.0. The lowest BCUT2D eigenvalue weighted by Gasteiger charge is -2.20. The summed E-state index contributed by atoms with van der Waals surface area (Å²) in [5, 5.41) is 16.7. The number of carbonyl (C=O) groups excluding carboxylic acids is 1. The Kier molecular flexibility index (Phi) is 5.72. The molecule has 2 aromatic rings. The first-order valence-electron chi connectivity index (χ1n) is 8.11. The van der Waals surface area contributed by atoms with Gasteiger partial charge in [0, 0.05) is 6.42 Å². The highest BCUT2D eigenvalue weighted by Gasteiger charge is 2.17. The Morgan fingerprint density at radius 1 is 1.29 bits per heavy atom. The van der Waals surface area contributed by atoms with Gasteiger partial charge in [-0.3, -0.25) is 4.79 Å². The lowest BCUT2D eigenvalue weighted by molar-refractivity contribution is -0.122. The lowest BCUT2D eigenvalue weighted by atomic mass is 9.86. The standard InChI is InChI=1S/C18H25N3O3/c1-12(17-19-11-24-21-17)20-16(23)10-9-15(22)13-5-7-14(8-6-13)18(2,3)4/h5-8,11-12,15,22H,9-10H2,1-4H3,(H,20,23)/t12-,15-/m1/s1. The normalized spacial score (nSPS) is 14.2. The van der Waals surface area contributed by atoms with Gasteiger partial charge in [0.2, 0.25) is 12.3 Å². The van der Waals surface area contributed by atoms with Crippen LogP contribution < -0.4 is 5.32 Å². The van der Waals surface area contributed by atoms with E-state index in [0.29, 0.717) is 12.2 Å². The Morgan fingerprint density at radius 3 is 2.50 bits per heavy atom. The van der Waals surface area contributed by atoms with Crippen LogP contribution in [-0.4, -0.2) is 21.2 Å². The Hall–Kier alpha value is -2.21. The molecule has 0 aliphatic heterocycles. The molecule has 6 nitrogen and oxygen atoms in total. The van der Waals surface area contributed by atoms with E-state index in [9.17, 15) is 9.90 Å². The largest absolute Gasteiger partial charge is 0.388 e. The third kappa shape index (κ3) is 4.89. The highest BCUT2D eigenvalue weighted by atomic mass is 16.5. The highest BCUT2D eigenvalue weighted by molar-refractivity contribution is 5.76. The molecule has 0 bridgehead atoms. The van der Waals surface area contributed by atoms with Gasteiger partial charge in [-0.05, 0) is 29.9 Å². The molecule has 24 heavy (non-hydrogen) atoms. The summed E-state index contributed by atoms with van der Waals surface area (Å²) in [5.74, 6) is 0.277. The first kappa shape index (κ1) is 18.1. The third-order valence-electron chi connectivity index (χ3n) is 3.95. The summed E-state index contributed by atoms with van der Waals surface area (Å²) < 4.78 is 4.65. The van der Waals surface area contributed by atoms with Gasteiger partial charge in [0.05, 0.1) is 12.1 Å². The maximum Gasteiger partial charge on any atom is 0.220 e. The minimum atomic E-state index is -0.662. The van der Waals surface area contributed by atoms with Crippen LogP contribution in [0.5, 0.6) is 0 Å². The zero-order chi connectivity index (χ0) is 17.7. The van der Waals surface area contributed by atoms with Crippen molar-refractivity contribution in [1.29, 1.82) is 0 Å². The van der Waals surface area contributed by atoms with Crippen molar-refractivity contribution < 1.29 is 14.4 Å². The fraction of sp³-hybridized carbons (Fsp3) is 0.500. The summed E-state index contributed by atoms with van der Waals surface area (Å²) >= 11 is 0. The first-order valence-corrected chi connectivity index (χ1v) is 8.11. The number of nitrogens with zero attached hydrogens (tertiary/aromatic N) is 2. The fourth-order valence-electron chi connectivity index (χ4n) is 2.39. The van der Waals surface area contributed by atoms with E-state index >= 15 is 0 Å². The summed E-state index contributed by atoms with van der Waals surface area (Å²) in [5.41, 5.74) is 2.11. The van der Waals surface area contributed by atoms with Crippen molar-refractivity contribution in [3.8, 4) is 0 Å². The van der Waals surface area contributed by atoms with E-state index in [4.69, 9.17) is 0 Å². The quantitative estimate of drug-likeness (QED) is 0.849. The SMILES string of the molecule is C[C@@H](NC(=O)CC[C@@H](O)c1ccc(C(C)(C)C)cc1)c1ncon1. The predicted octanol–water partition coefficient (Wildman–Crippen LogP) is 3.06. The topological polar surface area (TPSA) is 88.2 Å². The molecule has 6 heteroatoms. The van der Waals surface area contributed by atoms with Crippen LogP contribution in [-0.2, 0) is 10.2 Å². The molecular formula is C18H25N3O3. The molecule has 0 saturated heterocycles. The number of aliphatic hydroxyl groups excluding tert-OH is 1. The molecule has 1 aromatic carbocycles. The van der Waals surface area contributed by atoms with Crippen LogP contribution in [0.4, 0.5) is 0 Å². The molecule has 130 valence electrons. The van der Waals surface area contributed by atoms with Crippen LogP contribution >= 0.6 is 0 Å². The number of carbonyl (C=O) groups is 1. The molecule has 0 unspecified atom stereocenters. The summed E-state index contributed by atoms with van der Waals surface area (Å²) in [6, 6.07) is 7.57. The van der Waals surface area contributed by atoms with Crippen molar-refractivity contribution >= 4 is 5.91 Å². The monoisotopic (exact) mass is 331 g/mol. The summed E-state index contributed by atoms with van der Waals surface area (Å²) in [7, 11) is 0. The molecule has 1 amide bonds. The summed E-state index contributed by atoms with van der Waals surface area (Å²) in [6.07, 6.45) is 1.15. The Balaban J connectivity index is 1.84. The molecule has 2 rings (SSSR count). The first-order chi connectivity index (χ1) is 11.3. The molecule has 0 aliphatic rings. The number of nitrogens with one attached hydrogen (secondary N) is 1. The number of aliphatic hydroxyl groups is 1. The van der Waals surface area contributed by atoms with Gasteiger partial charge in [-0.1, -0.05) is 50.2 Å². The maximum atomic E-state index is 12.0. The van der Waals surface area contributed by atoms with Gasteiger partial charge < -0.3 is 14.9 Å². The number of benzene rings is 1. The molecule has 0 saturated carbocycles. The molecule has 0 aliphatic carbocycles. The zero-order valence-electron chi connectivity index (χ0n) is 14.6. The summed E-state index contributed by atoms with van der Waals surface area (Å²) in [6.45, 7) is 8.22. The van der Waals surface area contributed by atoms with Crippen LogP contribution in [0.2, 0.25) is 0 Å². The van der Waals surface area contributed by atoms with Crippen LogP contribution in [0.25, 0.3) is 0 Å². The smallest absolute Gasteiger partial charge is 0.220 e. The minimum absolute atomic E-state index is 0.0780. The van der Waals surface area contributed by atoms with Gasteiger partial charge >= 0.3 is 0 Å². The van der Waals surface area contributed by atoms with E-state index < -0.39 is 6.10 Å². The van der Waals surface area contributed by atoms with Gasteiger partial charge in [0.25, 0.3) is 0 Å². The van der Waals surface area contributed by atoms with Crippen LogP contribution in [0.3, 0.4) is 0 Å². The van der Waals surface area contributed by atoms with Crippen molar-refractivity contribution in [2.75, 3.05) is 0 Å². The molecule has 0 radical (unpaired) electrons. The zero-order valence-corrected chi connectivity index (χ0v) is 14.6. The molecule has 1 aromatic heterocycles. The summed E-state index contributed by atoms with van der Waals surface area (Å²) in [4.78, 5) is 15.9. The second-order valence-electron chi connectivity index (χ2n) is 7.01. The minimum Gasteiger partial charge on any atom is -0.388 e. The van der Waals surface area contributed by atoms with Gasteiger partial charge in [0.1, 0.15) is 0 Å². The number of amides is 1. The van der Waals surface area contributed by atoms with E-state index in [-0.39, 0.29) is 23.8 Å². The molecule has 2 N–H and O–H groups in total. The molecular weight excluding hydrogens is 306 g/mol. The molecule has 2 atom stereocenters. The second-order valence-corrected chi connectivity index (χ2v) is 7.01. The van der Waals surface area contributed by atoms with Gasteiger partial charge in [-0.25, -0.2) is 0 Å². The average Bonchev–Trinajstić information content (AvgIpc) is 3.06. The Morgan fingerprint density at radius 2 is 1.96 bits per heavy atom. The number of hydrogen-bond donors (Lipinski definition) is 2. The van der Waals surface area contributed by atoms with Crippen molar-refractivity contribution in [3.63, 3.8) is 0 Å². The Bertz CT molecular complexity index is 645. The Labute approximate surface area is 142 Å². The second kappa shape index (κ2) is 7.57. The highest BCUT2D eigenvalue weighted by Crippen LogP contribution is 2.25. The van der Waals surface area contributed by atoms with Gasteiger partial charge in [-0.2, -0.15) is 4.98 Å². The van der Waals surface area contributed by atoms with Crippen LogP contribution in [0, 0.1) is 0 Å². The average molecular weight is 331 g/mol. The predicted molar refractivity (Wildman–Crippen MR) is 90.2 cm³/mol. The van der Waals surface area contributed by atoms with Crippen LogP contribution in [0.1, 0.15) is 69.6 Å². The van der Waals surface area contributed by atoms with Crippen molar-refractivity contribution in [1.82, 2.24) is 15.5 Å². The molecule has 1 heterocycles. The van der Waals surface area contributed by atoms with Crippen LogP contribution in [0.15, 0.2) is 35.2 Å². The van der Waals surface area contributed by atoms with E-state index in [1.54, 1.807) is 6.92 Å². The number of rotatable bonds is 6. The van der Waals surface area contributed by atoms with E-state index in [1.165, 1.54) is 12.0 Å². The molecule has 0 spiro atoms. The van der Waals surface area contributed by atoms with Gasteiger partial charge in [-0.15, -0.1) is 0 Å². The van der Waals surface area contributed by atoms with E-state index in [1.807, 2.05) is 24.3 Å². The van der Waals surface area contributed by atoms with E-state index in [0.717, 1.165) is 5.56 Å². The molecule has 0 fully saturated rings. The number of aromatic nitrogens is 2. The number of hydrogen-bond acceptors (Lipinski definition) is 5. The van der Waals surface area contributed by atoms with E-state index in [2.05, 4.69) is 40.8 Å². The van der Waals surface area contributed by atoms with Crippen molar-refractivity contribution in [2.24, 2.45) is 0 Å². The van der Waals surface area contributed by atoms with Crippen molar-refractivity contribution in [3.05, 3.63) is 47.6 Å². The fourth-order valence-corrected chi connectivity index (χ4v) is 2.39. The lowest BCUT2D eigenvalue weighted by Crippen LogP contribution is -2.27. The third-order valence-corrected chi connectivity index (χ3v) is 3.95. The van der Waals surface area contributed by atoms with Crippen molar-refractivity contribution in [2.45, 2.75) is 58.1 Å². The van der Waals surface area contributed by atoms with Gasteiger partial charge in [0.15, 0.2) is 5.82 Å².